The van der Waals surface area contributed by atoms with Crippen LogP contribution in [0, 0.1) is 0 Å². The molecule has 2 aromatic heterocycles. The maximum atomic E-state index is 4.86. The SMILES string of the molecule is C=C(c1ccc(Nc2nc3c(N4CCc5ccccc5C4)cccn3n2)cc1)N(C)C1CCN(C)CC1. The van der Waals surface area contributed by atoms with E-state index in [1.807, 2.05) is 16.8 Å². The molecule has 2 aromatic carbocycles. The van der Waals surface area contributed by atoms with E-state index in [2.05, 4.69) is 95.3 Å². The Labute approximate surface area is 219 Å². The van der Waals surface area contributed by atoms with Crippen molar-refractivity contribution in [1.82, 2.24) is 24.4 Å². The zero-order valence-electron chi connectivity index (χ0n) is 21.8. The highest BCUT2D eigenvalue weighted by molar-refractivity contribution is 5.72. The number of anilines is 3. The average Bonchev–Trinajstić information content (AvgIpc) is 3.35. The molecule has 0 unspecified atom stereocenters. The quantitative estimate of drug-likeness (QED) is 0.407. The van der Waals surface area contributed by atoms with E-state index in [1.165, 1.54) is 24.0 Å². The summed E-state index contributed by atoms with van der Waals surface area (Å²) < 4.78 is 1.87. The molecule has 1 N–H and O–H groups in total. The van der Waals surface area contributed by atoms with E-state index in [0.29, 0.717) is 12.0 Å². The molecule has 2 aliphatic heterocycles. The molecule has 1 saturated heterocycles. The van der Waals surface area contributed by atoms with Crippen LogP contribution in [0.4, 0.5) is 17.3 Å². The summed E-state index contributed by atoms with van der Waals surface area (Å²) in [5.74, 6) is 0.597. The van der Waals surface area contributed by atoms with Crippen molar-refractivity contribution >= 4 is 28.7 Å². The fourth-order valence-electron chi connectivity index (χ4n) is 5.57. The molecule has 0 saturated carbocycles. The third kappa shape index (κ3) is 4.79. The van der Waals surface area contributed by atoms with Crippen LogP contribution in [0.5, 0.6) is 0 Å². The third-order valence-electron chi connectivity index (χ3n) is 7.95. The number of piperidine rings is 1. The number of hydrogen-bond acceptors (Lipinski definition) is 6. The van der Waals surface area contributed by atoms with Gasteiger partial charge in [-0.3, -0.25) is 0 Å². The van der Waals surface area contributed by atoms with Crippen LogP contribution in [0.15, 0.2) is 73.4 Å². The van der Waals surface area contributed by atoms with Gasteiger partial charge in [0.2, 0.25) is 5.95 Å². The Morgan fingerprint density at radius 3 is 2.51 bits per heavy atom. The highest BCUT2D eigenvalue weighted by Crippen LogP contribution is 2.29. The Morgan fingerprint density at radius 2 is 1.73 bits per heavy atom. The fourth-order valence-corrected chi connectivity index (χ4v) is 5.57. The van der Waals surface area contributed by atoms with Crippen LogP contribution in [0.2, 0.25) is 0 Å². The number of aromatic nitrogens is 3. The highest BCUT2D eigenvalue weighted by atomic mass is 15.4. The molecule has 6 rings (SSSR count). The molecule has 4 aromatic rings. The number of hydrogen-bond donors (Lipinski definition) is 1. The predicted molar refractivity (Wildman–Crippen MR) is 151 cm³/mol. The average molecular weight is 494 g/mol. The van der Waals surface area contributed by atoms with Crippen molar-refractivity contribution < 1.29 is 0 Å². The molecule has 0 atom stereocenters. The summed E-state index contributed by atoms with van der Waals surface area (Å²) >= 11 is 0. The number of rotatable bonds is 6. The molecular formula is C30H35N7. The summed E-state index contributed by atoms with van der Waals surface area (Å²) in [6, 6.07) is 21.9. The molecule has 37 heavy (non-hydrogen) atoms. The highest BCUT2D eigenvalue weighted by Gasteiger charge is 2.22. The number of nitrogens with one attached hydrogen (secondary N) is 1. The monoisotopic (exact) mass is 493 g/mol. The molecule has 0 amide bonds. The summed E-state index contributed by atoms with van der Waals surface area (Å²) in [5, 5.41) is 8.09. The second-order valence-electron chi connectivity index (χ2n) is 10.3. The van der Waals surface area contributed by atoms with Gasteiger partial charge in [0.05, 0.1) is 5.69 Å². The van der Waals surface area contributed by atoms with Gasteiger partial charge in [-0.2, -0.15) is 4.98 Å². The van der Waals surface area contributed by atoms with Crippen molar-refractivity contribution in [1.29, 1.82) is 0 Å². The standard InChI is InChI=1S/C30H35N7/c1-22(35(3)27-15-18-34(2)19-16-27)23-10-12-26(13-11-23)31-30-32-29-28(9-6-17-37(29)33-30)36-20-14-24-7-4-5-8-25(24)21-36/h4-13,17,27H,1,14-16,18-21H2,2-3H3,(H,31,33). The molecule has 1 fully saturated rings. The number of pyridine rings is 1. The number of fused-ring (bicyclic) bond motifs is 2. The zero-order valence-corrected chi connectivity index (χ0v) is 21.8. The first-order valence-electron chi connectivity index (χ1n) is 13.2. The first kappa shape index (κ1) is 23.6. The number of benzene rings is 2. The minimum absolute atomic E-state index is 0.547. The second kappa shape index (κ2) is 9.90. The van der Waals surface area contributed by atoms with Crippen molar-refractivity contribution in [3.05, 3.63) is 90.1 Å². The normalized spacial score (nSPS) is 16.5. The number of nitrogens with zero attached hydrogens (tertiary/aromatic N) is 6. The van der Waals surface area contributed by atoms with Gasteiger partial charge in [0.15, 0.2) is 5.65 Å². The van der Waals surface area contributed by atoms with E-state index in [4.69, 9.17) is 10.1 Å². The van der Waals surface area contributed by atoms with Gasteiger partial charge in [0, 0.05) is 43.8 Å². The summed E-state index contributed by atoms with van der Waals surface area (Å²) in [4.78, 5) is 12.0. The second-order valence-corrected chi connectivity index (χ2v) is 10.3. The summed E-state index contributed by atoms with van der Waals surface area (Å²) in [7, 11) is 4.37. The van der Waals surface area contributed by atoms with Gasteiger partial charge in [-0.15, -0.1) is 5.10 Å². The van der Waals surface area contributed by atoms with Gasteiger partial charge < -0.3 is 20.0 Å². The fraction of sp³-hybridized carbons (Fsp3) is 0.333. The van der Waals surface area contributed by atoms with Crippen LogP contribution < -0.4 is 10.2 Å². The van der Waals surface area contributed by atoms with Crippen molar-refractivity contribution in [2.45, 2.75) is 31.8 Å². The van der Waals surface area contributed by atoms with Crippen LogP contribution in [0.3, 0.4) is 0 Å². The van der Waals surface area contributed by atoms with Gasteiger partial charge in [0.25, 0.3) is 0 Å². The Morgan fingerprint density at radius 1 is 0.973 bits per heavy atom. The predicted octanol–water partition coefficient (Wildman–Crippen LogP) is 5.03. The minimum atomic E-state index is 0.547. The molecule has 0 aliphatic carbocycles. The van der Waals surface area contributed by atoms with Crippen molar-refractivity contribution in [2.24, 2.45) is 0 Å². The van der Waals surface area contributed by atoms with Crippen LogP contribution in [-0.4, -0.2) is 64.2 Å². The summed E-state index contributed by atoms with van der Waals surface area (Å²) in [6.07, 6.45) is 5.36. The Bertz CT molecular complexity index is 1400. The topological polar surface area (TPSA) is 51.9 Å². The summed E-state index contributed by atoms with van der Waals surface area (Å²) in [6.45, 7) is 8.54. The molecule has 0 radical (unpaired) electrons. The minimum Gasteiger partial charge on any atom is -0.372 e. The molecular weight excluding hydrogens is 458 g/mol. The molecule has 0 spiro atoms. The van der Waals surface area contributed by atoms with Gasteiger partial charge >= 0.3 is 0 Å². The van der Waals surface area contributed by atoms with Crippen molar-refractivity contribution in [3.8, 4) is 0 Å². The third-order valence-corrected chi connectivity index (χ3v) is 7.95. The zero-order chi connectivity index (χ0) is 25.4. The largest absolute Gasteiger partial charge is 0.372 e. The van der Waals surface area contributed by atoms with Gasteiger partial charge in [-0.1, -0.05) is 43.0 Å². The van der Waals surface area contributed by atoms with Crippen molar-refractivity contribution in [3.63, 3.8) is 0 Å². The molecule has 190 valence electrons. The number of likely N-dealkylation sites (tertiary alicyclic amines) is 1. The van der Waals surface area contributed by atoms with E-state index in [1.54, 1.807) is 0 Å². The Hall–Kier alpha value is -3.84. The summed E-state index contributed by atoms with van der Waals surface area (Å²) in [5.41, 5.74) is 7.98. The van der Waals surface area contributed by atoms with Crippen molar-refractivity contribution in [2.75, 3.05) is 43.9 Å². The van der Waals surface area contributed by atoms with E-state index in [0.717, 1.165) is 60.9 Å². The van der Waals surface area contributed by atoms with Crippen LogP contribution in [0.1, 0.15) is 29.5 Å². The lowest BCUT2D eigenvalue weighted by molar-refractivity contribution is 0.186. The molecule has 7 heteroatoms. The van der Waals surface area contributed by atoms with E-state index in [-0.39, 0.29) is 0 Å². The first-order chi connectivity index (χ1) is 18.0. The maximum Gasteiger partial charge on any atom is 0.247 e. The van der Waals surface area contributed by atoms with Gasteiger partial charge in [-0.25, -0.2) is 4.52 Å². The molecule has 4 heterocycles. The Balaban J connectivity index is 1.16. The van der Waals surface area contributed by atoms with Crippen LogP contribution in [-0.2, 0) is 13.0 Å². The van der Waals surface area contributed by atoms with E-state index < -0.39 is 0 Å². The van der Waals surface area contributed by atoms with Gasteiger partial charge in [-0.05, 0) is 80.4 Å². The van der Waals surface area contributed by atoms with E-state index >= 15 is 0 Å². The van der Waals surface area contributed by atoms with Gasteiger partial charge in [0.1, 0.15) is 0 Å². The maximum absolute atomic E-state index is 4.86. The van der Waals surface area contributed by atoms with Crippen LogP contribution >= 0.6 is 0 Å². The lowest BCUT2D eigenvalue weighted by Crippen LogP contribution is -2.40. The van der Waals surface area contributed by atoms with E-state index in [9.17, 15) is 0 Å². The first-order valence-corrected chi connectivity index (χ1v) is 13.2. The lowest BCUT2D eigenvalue weighted by atomic mass is 9.99. The molecule has 2 aliphatic rings. The Kier molecular flexibility index (Phi) is 6.30. The molecule has 0 bridgehead atoms. The lowest BCUT2D eigenvalue weighted by Gasteiger charge is -2.37. The smallest absolute Gasteiger partial charge is 0.247 e. The van der Waals surface area contributed by atoms with Crippen LogP contribution in [0.25, 0.3) is 11.3 Å². The molecule has 7 nitrogen and oxygen atoms in total.